The molecule has 0 saturated carbocycles. The maximum Gasteiger partial charge on any atom is 0.211 e. The fourth-order valence-electron chi connectivity index (χ4n) is 3.07. The van der Waals surface area contributed by atoms with Gasteiger partial charge in [0.05, 0.1) is 11.9 Å². The molecule has 0 aliphatic rings. The monoisotopic (exact) mass is 431 g/mol. The Morgan fingerprint density at radius 3 is 2.32 bits per heavy atom. The van der Waals surface area contributed by atoms with Gasteiger partial charge in [-0.2, -0.15) is 5.10 Å². The second kappa shape index (κ2) is 8.12. The highest BCUT2D eigenvalue weighted by atomic mass is 32.1. The maximum absolute atomic E-state index is 13.3. The molecule has 2 aromatic heterocycles. The molecule has 7 heteroatoms. The van der Waals surface area contributed by atoms with Crippen molar-refractivity contribution in [2.45, 2.75) is 0 Å². The number of nitrogens with zero attached hydrogens (tertiary/aromatic N) is 3. The van der Waals surface area contributed by atoms with Crippen LogP contribution in [0.3, 0.4) is 0 Å². The molecule has 0 radical (unpaired) electrons. The molecule has 0 aliphatic heterocycles. The summed E-state index contributed by atoms with van der Waals surface area (Å²) in [7, 11) is 0. The van der Waals surface area contributed by atoms with E-state index in [1.54, 1.807) is 35.2 Å². The minimum atomic E-state index is -0.324. The van der Waals surface area contributed by atoms with Crippen LogP contribution in [0.5, 0.6) is 0 Å². The molecular formula is C24H15F2N3OS. The summed E-state index contributed by atoms with van der Waals surface area (Å²) in [6.07, 6.45) is 1.63. The molecule has 0 saturated heterocycles. The number of fused-ring (bicyclic) bond motifs is 1. The van der Waals surface area contributed by atoms with Crippen LogP contribution in [0.4, 0.5) is 14.5 Å². The van der Waals surface area contributed by atoms with Gasteiger partial charge in [-0.1, -0.05) is 30.3 Å². The predicted molar refractivity (Wildman–Crippen MR) is 119 cm³/mol. The Bertz CT molecular complexity index is 1410. The molecule has 0 amide bonds. The van der Waals surface area contributed by atoms with Crippen LogP contribution in [-0.2, 0) is 0 Å². The van der Waals surface area contributed by atoms with Crippen LogP contribution < -0.4 is 4.80 Å². The van der Waals surface area contributed by atoms with E-state index < -0.39 is 0 Å². The lowest BCUT2D eigenvalue weighted by atomic mass is 10.2. The number of thiazole rings is 1. The number of furan rings is 1. The highest BCUT2D eigenvalue weighted by Crippen LogP contribution is 2.28. The molecule has 0 aliphatic carbocycles. The van der Waals surface area contributed by atoms with Gasteiger partial charge in [-0.15, -0.1) is 11.3 Å². The SMILES string of the molecule is Fc1ccc(/C=N\n2c(-c3cc4ccccc4o3)csc2=Nc2ccc(F)cc2)cc1. The van der Waals surface area contributed by atoms with Crippen molar-refractivity contribution in [3.8, 4) is 11.5 Å². The van der Waals surface area contributed by atoms with E-state index in [-0.39, 0.29) is 11.6 Å². The number of aromatic nitrogens is 1. The maximum atomic E-state index is 13.3. The van der Waals surface area contributed by atoms with Crippen LogP contribution >= 0.6 is 11.3 Å². The summed E-state index contributed by atoms with van der Waals surface area (Å²) in [6, 6.07) is 21.7. The Kier molecular flexibility index (Phi) is 5.01. The summed E-state index contributed by atoms with van der Waals surface area (Å²) < 4.78 is 34.2. The molecule has 31 heavy (non-hydrogen) atoms. The first kappa shape index (κ1) is 19.1. The van der Waals surface area contributed by atoms with Crippen molar-refractivity contribution in [3.05, 3.63) is 106 Å². The Morgan fingerprint density at radius 1 is 0.871 bits per heavy atom. The van der Waals surface area contributed by atoms with Gasteiger partial charge in [0.2, 0.25) is 4.80 Å². The average Bonchev–Trinajstić information content (AvgIpc) is 3.38. The van der Waals surface area contributed by atoms with Gasteiger partial charge >= 0.3 is 0 Å². The fourth-order valence-corrected chi connectivity index (χ4v) is 3.90. The van der Waals surface area contributed by atoms with Crippen LogP contribution in [0.15, 0.2) is 98.8 Å². The molecule has 0 N–H and O–H groups in total. The highest BCUT2D eigenvalue weighted by Gasteiger charge is 2.13. The van der Waals surface area contributed by atoms with Crippen LogP contribution in [-0.4, -0.2) is 10.9 Å². The summed E-state index contributed by atoms with van der Waals surface area (Å²) in [5, 5.41) is 7.46. The molecule has 0 unspecified atom stereocenters. The summed E-state index contributed by atoms with van der Waals surface area (Å²) in [5.74, 6) is 0.0138. The van der Waals surface area contributed by atoms with Crippen molar-refractivity contribution in [3.63, 3.8) is 0 Å². The van der Waals surface area contributed by atoms with E-state index in [9.17, 15) is 8.78 Å². The number of benzene rings is 3. The summed E-state index contributed by atoms with van der Waals surface area (Å²) in [5.41, 5.74) is 2.84. The van der Waals surface area contributed by atoms with Gasteiger partial charge in [0.15, 0.2) is 5.76 Å². The lowest BCUT2D eigenvalue weighted by molar-refractivity contribution is 0.622. The topological polar surface area (TPSA) is 42.8 Å². The zero-order valence-corrected chi connectivity index (χ0v) is 16.9. The second-order valence-electron chi connectivity index (χ2n) is 6.75. The van der Waals surface area contributed by atoms with Crippen molar-refractivity contribution in [2.75, 3.05) is 0 Å². The largest absolute Gasteiger partial charge is 0.454 e. The van der Waals surface area contributed by atoms with Crippen LogP contribution in [0, 0.1) is 11.6 Å². The second-order valence-corrected chi connectivity index (χ2v) is 7.58. The molecule has 5 aromatic rings. The van der Waals surface area contributed by atoms with Gasteiger partial charge in [-0.3, -0.25) is 0 Å². The molecule has 3 aromatic carbocycles. The Balaban J connectivity index is 1.64. The zero-order chi connectivity index (χ0) is 21.2. The minimum Gasteiger partial charge on any atom is -0.454 e. The first-order valence-electron chi connectivity index (χ1n) is 9.45. The average molecular weight is 431 g/mol. The Hall–Kier alpha value is -3.84. The third kappa shape index (κ3) is 4.08. The van der Waals surface area contributed by atoms with Gasteiger partial charge in [-0.25, -0.2) is 18.4 Å². The molecular weight excluding hydrogens is 416 g/mol. The highest BCUT2D eigenvalue weighted by molar-refractivity contribution is 7.07. The van der Waals surface area contributed by atoms with E-state index in [2.05, 4.69) is 10.1 Å². The minimum absolute atomic E-state index is 0.310. The van der Waals surface area contributed by atoms with E-state index in [0.29, 0.717) is 16.2 Å². The number of hydrogen-bond donors (Lipinski definition) is 0. The third-order valence-electron chi connectivity index (χ3n) is 4.61. The van der Waals surface area contributed by atoms with E-state index >= 15 is 0 Å². The Labute approximate surface area is 180 Å². The first-order chi connectivity index (χ1) is 15.2. The van der Waals surface area contributed by atoms with E-state index in [1.165, 1.54) is 35.6 Å². The quantitative estimate of drug-likeness (QED) is 0.306. The van der Waals surface area contributed by atoms with E-state index in [1.807, 2.05) is 35.7 Å². The fraction of sp³-hybridized carbons (Fsp3) is 0. The van der Waals surface area contributed by atoms with Gasteiger partial charge in [0.25, 0.3) is 0 Å². The predicted octanol–water partition coefficient (Wildman–Crippen LogP) is 6.36. The smallest absolute Gasteiger partial charge is 0.211 e. The zero-order valence-electron chi connectivity index (χ0n) is 16.1. The summed E-state index contributed by atoms with van der Waals surface area (Å²) >= 11 is 1.39. The van der Waals surface area contributed by atoms with Gasteiger partial charge in [0, 0.05) is 10.8 Å². The third-order valence-corrected chi connectivity index (χ3v) is 5.42. The lowest BCUT2D eigenvalue weighted by Crippen LogP contribution is -2.11. The first-order valence-corrected chi connectivity index (χ1v) is 10.3. The van der Waals surface area contributed by atoms with Crippen molar-refractivity contribution in [1.29, 1.82) is 0 Å². The number of para-hydroxylation sites is 1. The van der Waals surface area contributed by atoms with Crippen molar-refractivity contribution in [2.24, 2.45) is 10.1 Å². The molecule has 152 valence electrons. The summed E-state index contributed by atoms with van der Waals surface area (Å²) in [4.78, 5) is 5.19. The lowest BCUT2D eigenvalue weighted by Gasteiger charge is -2.01. The molecule has 0 atom stereocenters. The standard InChI is InChI=1S/C24H15F2N3OS/c25-18-7-5-16(6-8-18)14-27-29-21(23-13-17-3-1-2-4-22(17)30-23)15-31-24(29)28-20-11-9-19(26)10-12-20/h1-15H/b27-14-,28-24?. The Morgan fingerprint density at radius 2 is 1.58 bits per heavy atom. The van der Waals surface area contributed by atoms with E-state index in [0.717, 1.165) is 22.2 Å². The van der Waals surface area contributed by atoms with Crippen LogP contribution in [0.25, 0.3) is 22.4 Å². The van der Waals surface area contributed by atoms with Gasteiger partial charge in [-0.05, 0) is 54.1 Å². The number of rotatable bonds is 4. The number of halogens is 2. The molecule has 0 bridgehead atoms. The molecule has 2 heterocycles. The van der Waals surface area contributed by atoms with Crippen molar-refractivity contribution in [1.82, 2.24) is 4.68 Å². The van der Waals surface area contributed by atoms with E-state index in [4.69, 9.17) is 4.42 Å². The molecule has 5 rings (SSSR count). The number of hydrogen-bond acceptors (Lipinski definition) is 4. The van der Waals surface area contributed by atoms with Crippen LogP contribution in [0.1, 0.15) is 5.56 Å². The molecule has 0 fully saturated rings. The van der Waals surface area contributed by atoms with Crippen molar-refractivity contribution < 1.29 is 13.2 Å². The van der Waals surface area contributed by atoms with Crippen molar-refractivity contribution >= 4 is 34.2 Å². The summed E-state index contributed by atoms with van der Waals surface area (Å²) in [6.45, 7) is 0. The molecule has 0 spiro atoms. The van der Waals surface area contributed by atoms with Crippen LogP contribution in [0.2, 0.25) is 0 Å². The van der Waals surface area contributed by atoms with Gasteiger partial charge in [0.1, 0.15) is 22.9 Å². The normalized spacial score (nSPS) is 12.3. The molecule has 4 nitrogen and oxygen atoms in total. The van der Waals surface area contributed by atoms with Gasteiger partial charge < -0.3 is 4.42 Å².